The average molecular weight is 338 g/mol. The first-order valence-corrected chi connectivity index (χ1v) is 8.91. The SMILES string of the molecule is Cc1ccccc1COc1cccc(CC(=O)N2CCCC(N)C2)c1. The monoisotopic (exact) mass is 338 g/mol. The van der Waals surface area contributed by atoms with Crippen LogP contribution in [0.4, 0.5) is 0 Å². The second-order valence-electron chi connectivity index (χ2n) is 6.78. The largest absolute Gasteiger partial charge is 0.489 e. The summed E-state index contributed by atoms with van der Waals surface area (Å²) in [5, 5.41) is 0. The molecule has 4 heteroatoms. The van der Waals surface area contributed by atoms with E-state index in [0.29, 0.717) is 19.6 Å². The summed E-state index contributed by atoms with van der Waals surface area (Å²) in [4.78, 5) is 14.4. The zero-order valence-corrected chi connectivity index (χ0v) is 14.8. The molecule has 1 amide bonds. The lowest BCUT2D eigenvalue weighted by molar-refractivity contribution is -0.131. The molecule has 0 aromatic heterocycles. The minimum Gasteiger partial charge on any atom is -0.489 e. The molecule has 2 aromatic carbocycles. The summed E-state index contributed by atoms with van der Waals surface area (Å²) in [6.45, 7) is 4.10. The standard InChI is InChI=1S/C21H26N2O2/c1-16-6-2-3-8-18(16)15-25-20-10-4-7-17(12-20)13-21(24)23-11-5-9-19(22)14-23/h2-4,6-8,10,12,19H,5,9,11,13-15,22H2,1H3. The van der Waals surface area contributed by atoms with Crippen LogP contribution in [0.25, 0.3) is 0 Å². The third-order valence-corrected chi connectivity index (χ3v) is 4.72. The van der Waals surface area contributed by atoms with Crippen LogP contribution in [0.3, 0.4) is 0 Å². The number of benzene rings is 2. The predicted octanol–water partition coefficient (Wildman–Crippen LogP) is 3.07. The van der Waals surface area contributed by atoms with Crippen molar-refractivity contribution >= 4 is 5.91 Å². The molecule has 0 saturated carbocycles. The number of ether oxygens (including phenoxy) is 1. The lowest BCUT2D eigenvalue weighted by Gasteiger charge is -2.30. The Morgan fingerprint density at radius 1 is 1.24 bits per heavy atom. The van der Waals surface area contributed by atoms with E-state index in [4.69, 9.17) is 10.5 Å². The molecule has 25 heavy (non-hydrogen) atoms. The van der Waals surface area contributed by atoms with E-state index < -0.39 is 0 Å². The van der Waals surface area contributed by atoms with Crippen molar-refractivity contribution in [2.24, 2.45) is 5.73 Å². The Balaban J connectivity index is 1.59. The van der Waals surface area contributed by atoms with Gasteiger partial charge in [-0.1, -0.05) is 36.4 Å². The van der Waals surface area contributed by atoms with Crippen LogP contribution < -0.4 is 10.5 Å². The van der Waals surface area contributed by atoms with E-state index in [0.717, 1.165) is 30.7 Å². The summed E-state index contributed by atoms with van der Waals surface area (Å²) >= 11 is 0. The van der Waals surface area contributed by atoms with Crippen LogP contribution in [0.1, 0.15) is 29.5 Å². The highest BCUT2D eigenvalue weighted by Crippen LogP contribution is 2.18. The Bertz CT molecular complexity index is 729. The van der Waals surface area contributed by atoms with E-state index in [1.165, 1.54) is 11.1 Å². The van der Waals surface area contributed by atoms with E-state index in [1.807, 2.05) is 41.3 Å². The fourth-order valence-corrected chi connectivity index (χ4v) is 3.20. The van der Waals surface area contributed by atoms with Crippen LogP contribution in [0.15, 0.2) is 48.5 Å². The highest BCUT2D eigenvalue weighted by atomic mass is 16.5. The first-order valence-electron chi connectivity index (χ1n) is 8.91. The Morgan fingerprint density at radius 3 is 2.88 bits per heavy atom. The van der Waals surface area contributed by atoms with Crippen molar-refractivity contribution in [1.29, 1.82) is 0 Å². The van der Waals surface area contributed by atoms with Gasteiger partial charge in [-0.15, -0.1) is 0 Å². The number of likely N-dealkylation sites (tertiary alicyclic amines) is 1. The highest BCUT2D eigenvalue weighted by molar-refractivity contribution is 5.79. The van der Waals surface area contributed by atoms with Gasteiger partial charge in [0.2, 0.25) is 5.91 Å². The number of carbonyl (C=O) groups is 1. The van der Waals surface area contributed by atoms with Gasteiger partial charge in [0.15, 0.2) is 0 Å². The van der Waals surface area contributed by atoms with Crippen LogP contribution in [0.5, 0.6) is 5.75 Å². The van der Waals surface area contributed by atoms with E-state index in [-0.39, 0.29) is 11.9 Å². The van der Waals surface area contributed by atoms with Gasteiger partial charge in [0, 0.05) is 19.1 Å². The van der Waals surface area contributed by atoms with Crippen LogP contribution in [0, 0.1) is 6.92 Å². The normalized spacial score (nSPS) is 17.4. The number of nitrogens with zero attached hydrogens (tertiary/aromatic N) is 1. The molecule has 1 atom stereocenters. The second-order valence-corrected chi connectivity index (χ2v) is 6.78. The van der Waals surface area contributed by atoms with E-state index >= 15 is 0 Å². The van der Waals surface area contributed by atoms with Gasteiger partial charge in [-0.05, 0) is 48.6 Å². The highest BCUT2D eigenvalue weighted by Gasteiger charge is 2.21. The summed E-state index contributed by atoms with van der Waals surface area (Å²) in [7, 11) is 0. The summed E-state index contributed by atoms with van der Waals surface area (Å²) in [6, 6.07) is 16.1. The molecule has 1 heterocycles. The van der Waals surface area contributed by atoms with Gasteiger partial charge in [0.1, 0.15) is 12.4 Å². The molecule has 132 valence electrons. The second kappa shape index (κ2) is 8.17. The summed E-state index contributed by atoms with van der Waals surface area (Å²) < 4.78 is 5.91. The van der Waals surface area contributed by atoms with Crippen LogP contribution >= 0.6 is 0 Å². The van der Waals surface area contributed by atoms with Gasteiger partial charge in [0.05, 0.1) is 6.42 Å². The lowest BCUT2D eigenvalue weighted by atomic mass is 10.0. The zero-order valence-electron chi connectivity index (χ0n) is 14.8. The van der Waals surface area contributed by atoms with Crippen molar-refractivity contribution in [3.63, 3.8) is 0 Å². The minimum absolute atomic E-state index is 0.112. The number of hydrogen-bond donors (Lipinski definition) is 1. The molecule has 0 spiro atoms. The fraction of sp³-hybridized carbons (Fsp3) is 0.381. The number of nitrogens with two attached hydrogens (primary N) is 1. The van der Waals surface area contributed by atoms with Crippen LogP contribution in [-0.4, -0.2) is 29.9 Å². The number of carbonyl (C=O) groups excluding carboxylic acids is 1. The number of aryl methyl sites for hydroxylation is 1. The van der Waals surface area contributed by atoms with Crippen molar-refractivity contribution in [3.05, 3.63) is 65.2 Å². The number of hydrogen-bond acceptors (Lipinski definition) is 3. The van der Waals surface area contributed by atoms with E-state index in [1.54, 1.807) is 0 Å². The first-order chi connectivity index (χ1) is 12.1. The maximum Gasteiger partial charge on any atom is 0.227 e. The van der Waals surface area contributed by atoms with Crippen LogP contribution in [0.2, 0.25) is 0 Å². The third-order valence-electron chi connectivity index (χ3n) is 4.72. The topological polar surface area (TPSA) is 55.6 Å². The molecule has 0 aliphatic carbocycles. The van der Waals surface area contributed by atoms with Gasteiger partial charge in [0.25, 0.3) is 0 Å². The summed E-state index contributed by atoms with van der Waals surface area (Å²) in [6.07, 6.45) is 2.40. The molecular weight excluding hydrogens is 312 g/mol. The molecule has 1 aliphatic rings. The Labute approximate surface area is 149 Å². The van der Waals surface area contributed by atoms with Crippen LogP contribution in [-0.2, 0) is 17.8 Å². The Morgan fingerprint density at radius 2 is 2.08 bits per heavy atom. The Kier molecular flexibility index (Phi) is 5.71. The van der Waals surface area contributed by atoms with Gasteiger partial charge < -0.3 is 15.4 Å². The smallest absolute Gasteiger partial charge is 0.227 e. The molecule has 4 nitrogen and oxygen atoms in total. The van der Waals surface area contributed by atoms with Crippen molar-refractivity contribution in [3.8, 4) is 5.75 Å². The lowest BCUT2D eigenvalue weighted by Crippen LogP contribution is -2.46. The van der Waals surface area contributed by atoms with Gasteiger partial charge in [-0.3, -0.25) is 4.79 Å². The molecule has 2 aromatic rings. The number of amides is 1. The van der Waals surface area contributed by atoms with E-state index in [2.05, 4.69) is 19.1 Å². The predicted molar refractivity (Wildman–Crippen MR) is 99.4 cm³/mol. The molecular formula is C21H26N2O2. The molecule has 3 rings (SSSR count). The van der Waals surface area contributed by atoms with Crippen molar-refractivity contribution in [1.82, 2.24) is 4.90 Å². The average Bonchev–Trinajstić information content (AvgIpc) is 2.61. The molecule has 1 saturated heterocycles. The maximum atomic E-state index is 12.5. The molecule has 1 fully saturated rings. The first kappa shape index (κ1) is 17.5. The summed E-state index contributed by atoms with van der Waals surface area (Å²) in [5.74, 6) is 0.940. The van der Waals surface area contributed by atoms with Gasteiger partial charge >= 0.3 is 0 Å². The van der Waals surface area contributed by atoms with E-state index in [9.17, 15) is 4.79 Å². The zero-order chi connectivity index (χ0) is 17.6. The van der Waals surface area contributed by atoms with Gasteiger partial charge in [-0.2, -0.15) is 0 Å². The van der Waals surface area contributed by atoms with Gasteiger partial charge in [-0.25, -0.2) is 0 Å². The number of piperidine rings is 1. The summed E-state index contributed by atoms with van der Waals surface area (Å²) in [5.41, 5.74) is 9.34. The quantitative estimate of drug-likeness (QED) is 0.911. The number of rotatable bonds is 5. The third kappa shape index (κ3) is 4.83. The molecule has 1 aliphatic heterocycles. The van der Waals surface area contributed by atoms with Crippen molar-refractivity contribution in [2.75, 3.05) is 13.1 Å². The maximum absolute atomic E-state index is 12.5. The molecule has 1 unspecified atom stereocenters. The fourth-order valence-electron chi connectivity index (χ4n) is 3.20. The molecule has 2 N–H and O–H groups in total. The van der Waals surface area contributed by atoms with Crippen molar-refractivity contribution < 1.29 is 9.53 Å². The Hall–Kier alpha value is -2.33. The molecule has 0 radical (unpaired) electrons. The molecule has 0 bridgehead atoms. The van der Waals surface area contributed by atoms with Crippen molar-refractivity contribution in [2.45, 2.75) is 38.8 Å². The minimum atomic E-state index is 0.112.